The molecule has 0 bridgehead atoms. The number of rotatable bonds is 4. The molecule has 3 rings (SSSR count). The Balaban J connectivity index is 2.03. The van der Waals surface area contributed by atoms with Crippen LogP contribution in [-0.2, 0) is 10.8 Å². The molecule has 25 heavy (non-hydrogen) atoms. The Hall–Kier alpha value is -1.79. The van der Waals surface area contributed by atoms with Gasteiger partial charge in [0.05, 0.1) is 17.8 Å². The molecular weight excluding hydrogens is 334 g/mol. The standard InChI is InChI=1S/C19H25N3O2S/c1-6-22(13-8-7-12(11-20-13)16(23)24)17-21-14-15(25-17)19(4,5)10-9-18(14,2)3/h7-8,11H,6,9-10H2,1-5H3,(H,23,24)/p+1. The Morgan fingerprint density at radius 2 is 1.92 bits per heavy atom. The fraction of sp³-hybridized carbons (Fsp3) is 0.526. The van der Waals surface area contributed by atoms with Crippen LogP contribution in [0.5, 0.6) is 0 Å². The summed E-state index contributed by atoms with van der Waals surface area (Å²) < 4.78 is 0. The molecule has 0 saturated heterocycles. The van der Waals surface area contributed by atoms with Gasteiger partial charge in [0, 0.05) is 28.0 Å². The third-order valence-electron chi connectivity index (χ3n) is 5.19. The largest absolute Gasteiger partial charge is 0.478 e. The summed E-state index contributed by atoms with van der Waals surface area (Å²) >= 11 is 1.78. The summed E-state index contributed by atoms with van der Waals surface area (Å²) in [7, 11) is 0. The first kappa shape index (κ1) is 18.0. The third-order valence-corrected chi connectivity index (χ3v) is 6.67. The summed E-state index contributed by atoms with van der Waals surface area (Å²) in [5, 5.41) is 10.1. The maximum absolute atomic E-state index is 11.0. The molecular formula is C19H26N3O2S+. The molecule has 134 valence electrons. The van der Waals surface area contributed by atoms with Gasteiger partial charge in [-0.2, -0.15) is 4.98 Å². The summed E-state index contributed by atoms with van der Waals surface area (Å²) in [4.78, 5) is 22.9. The maximum atomic E-state index is 11.0. The Morgan fingerprint density at radius 1 is 1.24 bits per heavy atom. The van der Waals surface area contributed by atoms with Crippen LogP contribution in [0.2, 0.25) is 0 Å². The summed E-state index contributed by atoms with van der Waals surface area (Å²) in [6, 6.07) is 3.40. The highest BCUT2D eigenvalue weighted by Crippen LogP contribution is 2.48. The van der Waals surface area contributed by atoms with Crippen molar-refractivity contribution in [2.24, 2.45) is 0 Å². The lowest BCUT2D eigenvalue weighted by molar-refractivity contribution is -0.760. The number of hydrogen-bond donors (Lipinski definition) is 2. The van der Waals surface area contributed by atoms with Crippen LogP contribution in [0.3, 0.4) is 0 Å². The lowest BCUT2D eigenvalue weighted by atomic mass is 9.69. The molecule has 2 N–H and O–H groups in total. The van der Waals surface area contributed by atoms with Crippen molar-refractivity contribution in [3.8, 4) is 0 Å². The number of carboxylic acid groups (broad SMARTS) is 1. The summed E-state index contributed by atoms with van der Waals surface area (Å²) in [6.07, 6.45) is 3.74. The van der Waals surface area contributed by atoms with Crippen LogP contribution in [0.4, 0.5) is 10.9 Å². The van der Waals surface area contributed by atoms with E-state index in [0.29, 0.717) is 0 Å². The van der Waals surface area contributed by atoms with Crippen molar-refractivity contribution in [1.82, 2.24) is 9.97 Å². The van der Waals surface area contributed by atoms with Crippen LogP contribution in [-0.4, -0.2) is 27.6 Å². The lowest BCUT2D eigenvalue weighted by Crippen LogP contribution is -3.02. The zero-order valence-electron chi connectivity index (χ0n) is 15.5. The number of fused-ring (bicyclic) bond motifs is 1. The number of nitrogens with one attached hydrogen (secondary N) is 1. The molecule has 1 atom stereocenters. The van der Waals surface area contributed by atoms with E-state index in [0.717, 1.165) is 28.8 Å². The van der Waals surface area contributed by atoms with Crippen LogP contribution in [0.15, 0.2) is 18.3 Å². The molecule has 0 saturated carbocycles. The number of carboxylic acids is 1. The van der Waals surface area contributed by atoms with Gasteiger partial charge >= 0.3 is 5.97 Å². The van der Waals surface area contributed by atoms with Crippen LogP contribution < -0.4 is 4.90 Å². The van der Waals surface area contributed by atoms with Gasteiger partial charge in [-0.15, -0.1) is 0 Å². The minimum absolute atomic E-state index is 0.0963. The van der Waals surface area contributed by atoms with Crippen molar-refractivity contribution >= 4 is 28.3 Å². The number of nitrogens with zero attached hydrogens (tertiary/aromatic N) is 2. The van der Waals surface area contributed by atoms with Crippen molar-refractivity contribution in [3.63, 3.8) is 0 Å². The average Bonchev–Trinajstić information content (AvgIpc) is 3.01. The number of thiazole rings is 1. The quantitative estimate of drug-likeness (QED) is 0.876. The van der Waals surface area contributed by atoms with Gasteiger partial charge in [0.25, 0.3) is 5.13 Å². The predicted octanol–water partition coefficient (Wildman–Crippen LogP) is 3.45. The van der Waals surface area contributed by atoms with Gasteiger partial charge in [-0.25, -0.2) is 14.7 Å². The molecule has 5 nitrogen and oxygen atoms in total. The molecule has 2 aromatic heterocycles. The first-order valence-electron chi connectivity index (χ1n) is 8.73. The summed E-state index contributed by atoms with van der Waals surface area (Å²) in [5.41, 5.74) is 1.68. The molecule has 0 spiro atoms. The smallest absolute Gasteiger partial charge is 0.337 e. The molecule has 0 fully saturated rings. The van der Waals surface area contributed by atoms with Gasteiger partial charge in [0.15, 0.2) is 0 Å². The normalized spacial score (nSPS) is 19.2. The van der Waals surface area contributed by atoms with E-state index in [1.807, 2.05) is 0 Å². The van der Waals surface area contributed by atoms with E-state index in [2.05, 4.69) is 39.6 Å². The van der Waals surface area contributed by atoms with Gasteiger partial charge in [0.1, 0.15) is 0 Å². The van der Waals surface area contributed by atoms with E-state index >= 15 is 0 Å². The van der Waals surface area contributed by atoms with E-state index in [1.165, 1.54) is 23.2 Å². The average molecular weight is 361 g/mol. The van der Waals surface area contributed by atoms with Gasteiger partial charge in [0.2, 0.25) is 5.82 Å². The minimum atomic E-state index is -0.953. The third kappa shape index (κ3) is 3.20. The van der Waals surface area contributed by atoms with E-state index < -0.39 is 5.97 Å². The van der Waals surface area contributed by atoms with E-state index in [4.69, 9.17) is 10.1 Å². The first-order valence-corrected chi connectivity index (χ1v) is 9.55. The highest BCUT2D eigenvalue weighted by Gasteiger charge is 2.42. The van der Waals surface area contributed by atoms with Gasteiger partial charge in [-0.1, -0.05) is 39.0 Å². The zero-order valence-corrected chi connectivity index (χ0v) is 16.3. The maximum Gasteiger partial charge on any atom is 0.337 e. The molecule has 6 heteroatoms. The van der Waals surface area contributed by atoms with Crippen molar-refractivity contribution in [2.45, 2.75) is 58.3 Å². The fourth-order valence-electron chi connectivity index (χ4n) is 3.36. The molecule has 0 aliphatic heterocycles. The minimum Gasteiger partial charge on any atom is -0.478 e. The second-order valence-electron chi connectivity index (χ2n) is 8.03. The van der Waals surface area contributed by atoms with Crippen LogP contribution in [0, 0.1) is 0 Å². The second-order valence-corrected chi connectivity index (χ2v) is 9.03. The first-order chi connectivity index (χ1) is 11.7. The Kier molecular flexibility index (Phi) is 4.45. The van der Waals surface area contributed by atoms with Gasteiger partial charge < -0.3 is 5.11 Å². The fourth-order valence-corrected chi connectivity index (χ4v) is 4.86. The molecule has 2 aromatic rings. The number of hydrogen-bond acceptors (Lipinski definition) is 4. The number of quaternary nitrogens is 1. The SMILES string of the molecule is CC[NH+](c1ccc(C(=O)O)cn1)c1nc2c(s1)C(C)(C)CCC2(C)C. The van der Waals surface area contributed by atoms with Crippen molar-refractivity contribution in [3.05, 3.63) is 34.5 Å². The molecule has 1 unspecified atom stereocenters. The van der Waals surface area contributed by atoms with E-state index in [1.54, 1.807) is 23.5 Å². The highest BCUT2D eigenvalue weighted by molar-refractivity contribution is 7.15. The molecule has 1 aliphatic carbocycles. The van der Waals surface area contributed by atoms with Gasteiger partial charge in [-0.05, 0) is 25.8 Å². The number of aromatic carboxylic acids is 1. The molecule has 0 amide bonds. The van der Waals surface area contributed by atoms with Crippen LogP contribution in [0.25, 0.3) is 0 Å². The molecule has 1 aliphatic rings. The summed E-state index contributed by atoms with van der Waals surface area (Å²) in [5.74, 6) is -0.139. The highest BCUT2D eigenvalue weighted by atomic mass is 32.1. The molecule has 2 heterocycles. The Bertz CT molecular complexity index is 760. The Labute approximate surface area is 152 Å². The number of aromatic nitrogens is 2. The number of pyridine rings is 1. The van der Waals surface area contributed by atoms with Gasteiger partial charge in [-0.3, -0.25) is 0 Å². The summed E-state index contributed by atoms with van der Waals surface area (Å²) in [6.45, 7) is 12.1. The Morgan fingerprint density at radius 3 is 2.44 bits per heavy atom. The molecule has 0 aromatic carbocycles. The lowest BCUT2D eigenvalue weighted by Gasteiger charge is -2.37. The second kappa shape index (κ2) is 6.18. The van der Waals surface area contributed by atoms with Crippen molar-refractivity contribution in [1.29, 1.82) is 0 Å². The van der Waals surface area contributed by atoms with Crippen LogP contribution in [0.1, 0.15) is 68.4 Å². The monoisotopic (exact) mass is 360 g/mol. The zero-order chi connectivity index (χ0) is 18.4. The topological polar surface area (TPSA) is 67.5 Å². The van der Waals surface area contributed by atoms with Crippen LogP contribution >= 0.6 is 11.3 Å². The number of carbonyl (C=O) groups is 1. The van der Waals surface area contributed by atoms with E-state index in [-0.39, 0.29) is 16.4 Å². The van der Waals surface area contributed by atoms with E-state index in [9.17, 15) is 4.79 Å². The van der Waals surface area contributed by atoms with Crippen molar-refractivity contribution in [2.75, 3.05) is 6.54 Å². The molecule has 0 radical (unpaired) electrons. The van der Waals surface area contributed by atoms with Crippen molar-refractivity contribution < 1.29 is 14.8 Å². The predicted molar refractivity (Wildman–Crippen MR) is 99.4 cm³/mol.